The molecule has 0 saturated heterocycles. The highest BCUT2D eigenvalue weighted by Crippen LogP contribution is 2.27. The fourth-order valence-electron chi connectivity index (χ4n) is 2.72. The van der Waals surface area contributed by atoms with E-state index in [1.807, 2.05) is 50.2 Å². The Morgan fingerprint density at radius 2 is 1.86 bits per heavy atom. The zero-order valence-electron chi connectivity index (χ0n) is 15.9. The van der Waals surface area contributed by atoms with E-state index < -0.39 is 0 Å². The van der Waals surface area contributed by atoms with Gasteiger partial charge < -0.3 is 15.4 Å². The number of halogens is 1. The summed E-state index contributed by atoms with van der Waals surface area (Å²) in [7, 11) is 1.63. The number of hydrogen-bond acceptors (Lipinski definition) is 5. The molecule has 3 rings (SSSR count). The lowest BCUT2D eigenvalue weighted by molar-refractivity contribution is 0.102. The molecule has 0 fully saturated rings. The lowest BCUT2D eigenvalue weighted by Gasteiger charge is -2.11. The molecular formula is C21H21ClN4O2. The van der Waals surface area contributed by atoms with Crippen molar-refractivity contribution in [2.75, 3.05) is 17.7 Å². The Labute approximate surface area is 168 Å². The van der Waals surface area contributed by atoms with Crippen LogP contribution in [-0.4, -0.2) is 23.0 Å². The monoisotopic (exact) mass is 396 g/mol. The number of methoxy groups -OCH3 is 1. The first-order chi connectivity index (χ1) is 13.5. The van der Waals surface area contributed by atoms with Crippen LogP contribution in [-0.2, 0) is 6.54 Å². The Balaban J connectivity index is 1.62. The van der Waals surface area contributed by atoms with Gasteiger partial charge in [0.15, 0.2) is 0 Å². The van der Waals surface area contributed by atoms with E-state index in [0.717, 1.165) is 22.4 Å². The second kappa shape index (κ2) is 8.71. The molecule has 144 valence electrons. The minimum atomic E-state index is -0.358. The van der Waals surface area contributed by atoms with Crippen LogP contribution in [0.15, 0.2) is 48.8 Å². The molecule has 0 bridgehead atoms. The summed E-state index contributed by atoms with van der Waals surface area (Å²) in [6, 6.07) is 11.5. The average Bonchev–Trinajstić information content (AvgIpc) is 2.69. The molecule has 2 N–H and O–H groups in total. The standard InChI is InChI=1S/C21H21ClN4O2/c1-13-8-14(2)20(17(22)9-13)26-21(27)18-11-25-19(12-23-18)24-10-15-4-6-16(28-3)7-5-15/h4-9,11-12H,10H2,1-3H3,(H,24,25)(H,26,27). The number of carbonyl (C=O) groups excluding carboxylic acids is 1. The summed E-state index contributed by atoms with van der Waals surface area (Å²) in [6.07, 6.45) is 2.96. The first-order valence-electron chi connectivity index (χ1n) is 8.73. The molecule has 0 aliphatic heterocycles. The molecule has 0 aliphatic carbocycles. The molecular weight excluding hydrogens is 376 g/mol. The van der Waals surface area contributed by atoms with Crippen LogP contribution in [0, 0.1) is 13.8 Å². The van der Waals surface area contributed by atoms with Crippen LogP contribution in [0.3, 0.4) is 0 Å². The average molecular weight is 397 g/mol. The zero-order valence-corrected chi connectivity index (χ0v) is 16.7. The molecule has 0 saturated carbocycles. The highest BCUT2D eigenvalue weighted by Gasteiger charge is 2.13. The third-order valence-electron chi connectivity index (χ3n) is 4.19. The smallest absolute Gasteiger partial charge is 0.275 e. The lowest BCUT2D eigenvalue weighted by Crippen LogP contribution is -2.15. The first kappa shape index (κ1) is 19.6. The third-order valence-corrected chi connectivity index (χ3v) is 4.49. The largest absolute Gasteiger partial charge is 0.497 e. The number of benzene rings is 2. The van der Waals surface area contributed by atoms with Crippen molar-refractivity contribution in [3.8, 4) is 5.75 Å². The summed E-state index contributed by atoms with van der Waals surface area (Å²) < 4.78 is 5.14. The van der Waals surface area contributed by atoms with E-state index in [-0.39, 0.29) is 11.6 Å². The number of aryl methyl sites for hydroxylation is 2. The van der Waals surface area contributed by atoms with E-state index >= 15 is 0 Å². The highest BCUT2D eigenvalue weighted by atomic mass is 35.5. The van der Waals surface area contributed by atoms with Crippen LogP contribution in [0.5, 0.6) is 5.75 Å². The molecule has 1 heterocycles. The Hall–Kier alpha value is -3.12. The SMILES string of the molecule is COc1ccc(CNc2cnc(C(=O)Nc3c(C)cc(C)cc3Cl)cn2)cc1. The minimum Gasteiger partial charge on any atom is -0.497 e. The number of nitrogens with zero attached hydrogens (tertiary/aromatic N) is 2. The quantitative estimate of drug-likeness (QED) is 0.635. The molecule has 0 atom stereocenters. The van der Waals surface area contributed by atoms with Gasteiger partial charge in [-0.25, -0.2) is 9.97 Å². The van der Waals surface area contributed by atoms with Crippen LogP contribution in [0.25, 0.3) is 0 Å². The molecule has 28 heavy (non-hydrogen) atoms. The summed E-state index contributed by atoms with van der Waals surface area (Å²) in [5, 5.41) is 6.47. The van der Waals surface area contributed by atoms with Gasteiger partial charge in [-0.2, -0.15) is 0 Å². The summed E-state index contributed by atoms with van der Waals surface area (Å²) in [5.41, 5.74) is 3.80. The van der Waals surface area contributed by atoms with Crippen molar-refractivity contribution in [3.05, 3.63) is 76.2 Å². The van der Waals surface area contributed by atoms with Gasteiger partial charge >= 0.3 is 0 Å². The van der Waals surface area contributed by atoms with Gasteiger partial charge in [0.1, 0.15) is 17.3 Å². The van der Waals surface area contributed by atoms with Gasteiger partial charge in [-0.05, 0) is 48.7 Å². The number of nitrogens with one attached hydrogen (secondary N) is 2. The van der Waals surface area contributed by atoms with Crippen molar-refractivity contribution in [2.45, 2.75) is 20.4 Å². The van der Waals surface area contributed by atoms with Gasteiger partial charge in [0.2, 0.25) is 0 Å². The molecule has 2 aromatic carbocycles. The highest BCUT2D eigenvalue weighted by molar-refractivity contribution is 6.34. The van der Waals surface area contributed by atoms with Crippen molar-refractivity contribution in [1.29, 1.82) is 0 Å². The van der Waals surface area contributed by atoms with Gasteiger partial charge in [0.25, 0.3) is 5.91 Å². The predicted molar refractivity (Wildman–Crippen MR) is 111 cm³/mol. The van der Waals surface area contributed by atoms with Gasteiger partial charge in [0.05, 0.1) is 30.2 Å². The molecule has 0 spiro atoms. The molecule has 6 nitrogen and oxygen atoms in total. The molecule has 0 unspecified atom stereocenters. The maximum absolute atomic E-state index is 12.4. The number of amides is 1. The van der Waals surface area contributed by atoms with Crippen LogP contribution in [0.2, 0.25) is 5.02 Å². The molecule has 0 aliphatic rings. The predicted octanol–water partition coefficient (Wildman–Crippen LogP) is 4.62. The summed E-state index contributed by atoms with van der Waals surface area (Å²) in [6.45, 7) is 4.43. The Bertz CT molecular complexity index is 950. The summed E-state index contributed by atoms with van der Waals surface area (Å²) >= 11 is 6.24. The number of anilines is 2. The van der Waals surface area contributed by atoms with Crippen LogP contribution >= 0.6 is 11.6 Å². The topological polar surface area (TPSA) is 76.1 Å². The number of ether oxygens (including phenoxy) is 1. The van der Waals surface area contributed by atoms with E-state index in [1.54, 1.807) is 7.11 Å². The second-order valence-corrected chi connectivity index (χ2v) is 6.79. The number of aromatic nitrogens is 2. The Morgan fingerprint density at radius 1 is 1.11 bits per heavy atom. The maximum Gasteiger partial charge on any atom is 0.275 e. The van der Waals surface area contributed by atoms with Crippen molar-refractivity contribution >= 4 is 29.0 Å². The molecule has 1 aromatic heterocycles. The van der Waals surface area contributed by atoms with Gasteiger partial charge in [-0.15, -0.1) is 0 Å². The van der Waals surface area contributed by atoms with Crippen molar-refractivity contribution in [1.82, 2.24) is 9.97 Å². The van der Waals surface area contributed by atoms with E-state index in [1.165, 1.54) is 12.4 Å². The fraction of sp³-hybridized carbons (Fsp3) is 0.190. The minimum absolute atomic E-state index is 0.214. The zero-order chi connectivity index (χ0) is 20.1. The summed E-state index contributed by atoms with van der Waals surface area (Å²) in [5.74, 6) is 1.03. The van der Waals surface area contributed by atoms with Crippen molar-refractivity contribution in [3.63, 3.8) is 0 Å². The van der Waals surface area contributed by atoms with E-state index in [2.05, 4.69) is 20.6 Å². The molecule has 3 aromatic rings. The maximum atomic E-state index is 12.4. The van der Waals surface area contributed by atoms with E-state index in [4.69, 9.17) is 16.3 Å². The third kappa shape index (κ3) is 4.78. The number of hydrogen-bond donors (Lipinski definition) is 2. The van der Waals surface area contributed by atoms with Gasteiger partial charge in [-0.1, -0.05) is 29.8 Å². The lowest BCUT2D eigenvalue weighted by atomic mass is 10.1. The number of rotatable bonds is 6. The van der Waals surface area contributed by atoms with Crippen LogP contribution in [0.1, 0.15) is 27.2 Å². The van der Waals surface area contributed by atoms with E-state index in [0.29, 0.717) is 23.1 Å². The van der Waals surface area contributed by atoms with Crippen molar-refractivity contribution in [2.24, 2.45) is 0 Å². The normalized spacial score (nSPS) is 10.4. The van der Waals surface area contributed by atoms with Gasteiger partial charge in [-0.3, -0.25) is 4.79 Å². The fourth-order valence-corrected chi connectivity index (χ4v) is 3.09. The molecule has 7 heteroatoms. The van der Waals surface area contributed by atoms with E-state index in [9.17, 15) is 4.79 Å². The molecule has 0 radical (unpaired) electrons. The second-order valence-electron chi connectivity index (χ2n) is 6.38. The number of carbonyl (C=O) groups is 1. The first-order valence-corrected chi connectivity index (χ1v) is 9.11. The van der Waals surface area contributed by atoms with Gasteiger partial charge in [0, 0.05) is 6.54 Å². The Morgan fingerprint density at radius 3 is 2.46 bits per heavy atom. The van der Waals surface area contributed by atoms with Crippen LogP contribution in [0.4, 0.5) is 11.5 Å². The van der Waals surface area contributed by atoms with Crippen LogP contribution < -0.4 is 15.4 Å². The molecule has 1 amide bonds. The Kier molecular flexibility index (Phi) is 6.11. The van der Waals surface area contributed by atoms with Crippen molar-refractivity contribution < 1.29 is 9.53 Å². The summed E-state index contributed by atoms with van der Waals surface area (Å²) in [4.78, 5) is 20.9.